The summed E-state index contributed by atoms with van der Waals surface area (Å²) in [5.74, 6) is -0.754. The summed E-state index contributed by atoms with van der Waals surface area (Å²) in [7, 11) is 0. The van der Waals surface area contributed by atoms with Crippen LogP contribution in [0.1, 0.15) is 39.5 Å². The molecule has 0 bridgehead atoms. The van der Waals surface area contributed by atoms with E-state index < -0.39 is 12.2 Å². The molecule has 0 aromatic carbocycles. The maximum absolute atomic E-state index is 11.5. The quantitative estimate of drug-likeness (QED) is 0.662. The van der Waals surface area contributed by atoms with E-state index in [4.69, 9.17) is 14.2 Å². The first-order valence-electron chi connectivity index (χ1n) is 6.17. The minimum atomic E-state index is -0.610. The summed E-state index contributed by atoms with van der Waals surface area (Å²) in [5, 5.41) is 0. The predicted octanol–water partition coefficient (Wildman–Crippen LogP) is 1.44. The molecular weight excluding hydrogens is 224 g/mol. The van der Waals surface area contributed by atoms with Gasteiger partial charge in [0.1, 0.15) is 0 Å². The average Bonchev–Trinajstić information content (AvgIpc) is 2.82. The fourth-order valence-corrected chi connectivity index (χ4v) is 1.58. The molecule has 0 aliphatic carbocycles. The van der Waals surface area contributed by atoms with Gasteiger partial charge in [0.2, 0.25) is 0 Å². The Morgan fingerprint density at radius 1 is 1.00 bits per heavy atom. The SMILES string of the molecule is CCCOC(=O)C1CCC(C(=O)OCCC)O1. The van der Waals surface area contributed by atoms with Gasteiger partial charge in [0.25, 0.3) is 0 Å². The molecule has 1 saturated heterocycles. The van der Waals surface area contributed by atoms with Gasteiger partial charge in [-0.3, -0.25) is 0 Å². The van der Waals surface area contributed by atoms with Crippen LogP contribution in [-0.2, 0) is 23.8 Å². The zero-order valence-corrected chi connectivity index (χ0v) is 10.4. The summed E-state index contributed by atoms with van der Waals surface area (Å²) < 4.78 is 15.3. The van der Waals surface area contributed by atoms with Crippen LogP contribution in [-0.4, -0.2) is 37.4 Å². The van der Waals surface area contributed by atoms with Crippen LogP contribution in [0.2, 0.25) is 0 Å². The summed E-state index contributed by atoms with van der Waals surface area (Å²) in [6.07, 6.45) is 1.38. The van der Waals surface area contributed by atoms with E-state index in [1.807, 2.05) is 13.8 Å². The van der Waals surface area contributed by atoms with Gasteiger partial charge in [0.05, 0.1) is 13.2 Å². The molecule has 5 heteroatoms. The Morgan fingerprint density at radius 2 is 1.41 bits per heavy atom. The summed E-state index contributed by atoms with van der Waals surface area (Å²) in [6, 6.07) is 0. The first-order chi connectivity index (χ1) is 8.19. The van der Waals surface area contributed by atoms with Crippen molar-refractivity contribution in [1.82, 2.24) is 0 Å². The van der Waals surface area contributed by atoms with Crippen molar-refractivity contribution in [3.63, 3.8) is 0 Å². The molecule has 5 nitrogen and oxygen atoms in total. The van der Waals surface area contributed by atoms with Crippen LogP contribution in [0.25, 0.3) is 0 Å². The zero-order valence-electron chi connectivity index (χ0n) is 10.4. The molecule has 1 rings (SSSR count). The second kappa shape index (κ2) is 7.27. The topological polar surface area (TPSA) is 61.8 Å². The Bertz CT molecular complexity index is 238. The minimum Gasteiger partial charge on any atom is -0.464 e. The third kappa shape index (κ3) is 4.34. The van der Waals surface area contributed by atoms with Crippen molar-refractivity contribution in [3.8, 4) is 0 Å². The van der Waals surface area contributed by atoms with Crippen LogP contribution in [0.3, 0.4) is 0 Å². The van der Waals surface area contributed by atoms with Gasteiger partial charge < -0.3 is 14.2 Å². The molecule has 1 fully saturated rings. The molecule has 1 aliphatic heterocycles. The smallest absolute Gasteiger partial charge is 0.335 e. The lowest BCUT2D eigenvalue weighted by Gasteiger charge is -2.12. The van der Waals surface area contributed by atoms with E-state index in [-0.39, 0.29) is 11.9 Å². The monoisotopic (exact) mass is 244 g/mol. The van der Waals surface area contributed by atoms with Crippen molar-refractivity contribution in [2.24, 2.45) is 0 Å². The van der Waals surface area contributed by atoms with Crippen LogP contribution in [0.5, 0.6) is 0 Å². The molecule has 0 saturated carbocycles. The highest BCUT2D eigenvalue weighted by atomic mass is 16.6. The lowest BCUT2D eigenvalue weighted by atomic mass is 10.2. The highest BCUT2D eigenvalue weighted by Crippen LogP contribution is 2.21. The second-order valence-electron chi connectivity index (χ2n) is 4.03. The van der Waals surface area contributed by atoms with Crippen molar-refractivity contribution >= 4 is 11.9 Å². The molecule has 0 amide bonds. The fraction of sp³-hybridized carbons (Fsp3) is 0.833. The molecule has 0 aromatic heterocycles. The maximum atomic E-state index is 11.5. The van der Waals surface area contributed by atoms with Gasteiger partial charge in [0.15, 0.2) is 12.2 Å². The van der Waals surface area contributed by atoms with Crippen LogP contribution >= 0.6 is 0 Å². The van der Waals surface area contributed by atoms with Crippen LogP contribution < -0.4 is 0 Å². The molecule has 98 valence electrons. The van der Waals surface area contributed by atoms with E-state index >= 15 is 0 Å². The first-order valence-corrected chi connectivity index (χ1v) is 6.17. The third-order valence-electron chi connectivity index (χ3n) is 2.44. The highest BCUT2D eigenvalue weighted by Gasteiger charge is 2.36. The number of carbonyl (C=O) groups excluding carboxylic acids is 2. The molecule has 1 heterocycles. The van der Waals surface area contributed by atoms with E-state index in [9.17, 15) is 9.59 Å². The standard InChI is InChI=1S/C12H20O5/c1-3-7-15-11(13)9-5-6-10(17-9)12(14)16-8-4-2/h9-10H,3-8H2,1-2H3. The van der Waals surface area contributed by atoms with Gasteiger partial charge >= 0.3 is 11.9 Å². The Hall–Kier alpha value is -1.10. The van der Waals surface area contributed by atoms with E-state index in [2.05, 4.69) is 0 Å². The summed E-state index contributed by atoms with van der Waals surface area (Å²) in [4.78, 5) is 23.0. The number of carbonyl (C=O) groups is 2. The molecule has 0 N–H and O–H groups in total. The average molecular weight is 244 g/mol. The van der Waals surface area contributed by atoms with Gasteiger partial charge in [0, 0.05) is 0 Å². The van der Waals surface area contributed by atoms with E-state index in [0.717, 1.165) is 12.8 Å². The molecular formula is C12H20O5. The number of esters is 2. The summed E-state index contributed by atoms with van der Waals surface area (Å²) >= 11 is 0. The lowest BCUT2D eigenvalue weighted by molar-refractivity contribution is -0.165. The predicted molar refractivity (Wildman–Crippen MR) is 60.4 cm³/mol. The number of ether oxygens (including phenoxy) is 3. The lowest BCUT2D eigenvalue weighted by Crippen LogP contribution is -2.28. The van der Waals surface area contributed by atoms with Gasteiger partial charge in [-0.2, -0.15) is 0 Å². The van der Waals surface area contributed by atoms with Crippen molar-refractivity contribution < 1.29 is 23.8 Å². The molecule has 17 heavy (non-hydrogen) atoms. The van der Waals surface area contributed by atoms with E-state index in [0.29, 0.717) is 26.1 Å². The van der Waals surface area contributed by atoms with Gasteiger partial charge in [-0.05, 0) is 25.7 Å². The Kier molecular flexibility index (Phi) is 5.97. The van der Waals surface area contributed by atoms with Gasteiger partial charge in [-0.15, -0.1) is 0 Å². The molecule has 2 unspecified atom stereocenters. The van der Waals surface area contributed by atoms with Crippen molar-refractivity contribution in [2.45, 2.75) is 51.7 Å². The third-order valence-corrected chi connectivity index (χ3v) is 2.44. The zero-order chi connectivity index (χ0) is 12.7. The van der Waals surface area contributed by atoms with Gasteiger partial charge in [-0.1, -0.05) is 13.8 Å². The largest absolute Gasteiger partial charge is 0.464 e. The Morgan fingerprint density at radius 3 is 1.76 bits per heavy atom. The van der Waals surface area contributed by atoms with Crippen LogP contribution in [0.15, 0.2) is 0 Å². The minimum absolute atomic E-state index is 0.377. The van der Waals surface area contributed by atoms with Crippen LogP contribution in [0.4, 0.5) is 0 Å². The molecule has 0 spiro atoms. The Balaban J connectivity index is 2.31. The second-order valence-corrected chi connectivity index (χ2v) is 4.03. The van der Waals surface area contributed by atoms with Crippen LogP contribution in [0, 0.1) is 0 Å². The van der Waals surface area contributed by atoms with E-state index in [1.165, 1.54) is 0 Å². The Labute approximate surface area is 101 Å². The molecule has 2 atom stereocenters. The maximum Gasteiger partial charge on any atom is 0.335 e. The number of hydrogen-bond acceptors (Lipinski definition) is 5. The van der Waals surface area contributed by atoms with E-state index in [1.54, 1.807) is 0 Å². The summed E-state index contributed by atoms with van der Waals surface area (Å²) in [5.41, 5.74) is 0. The molecule has 1 aliphatic rings. The number of hydrogen-bond donors (Lipinski definition) is 0. The molecule has 0 radical (unpaired) electrons. The highest BCUT2D eigenvalue weighted by molar-refractivity contribution is 5.79. The normalized spacial score (nSPS) is 23.4. The number of rotatable bonds is 6. The summed E-state index contributed by atoms with van der Waals surface area (Å²) in [6.45, 7) is 4.63. The molecule has 0 aromatic rings. The van der Waals surface area contributed by atoms with Crippen molar-refractivity contribution in [2.75, 3.05) is 13.2 Å². The fourth-order valence-electron chi connectivity index (χ4n) is 1.58. The first kappa shape index (κ1) is 14.0. The van der Waals surface area contributed by atoms with Crippen molar-refractivity contribution in [1.29, 1.82) is 0 Å². The van der Waals surface area contributed by atoms with Gasteiger partial charge in [-0.25, -0.2) is 9.59 Å². The van der Waals surface area contributed by atoms with Crippen molar-refractivity contribution in [3.05, 3.63) is 0 Å².